The molecule has 0 atom stereocenters. The van der Waals surface area contributed by atoms with E-state index in [4.69, 9.17) is 4.74 Å². The van der Waals surface area contributed by atoms with Gasteiger partial charge in [0, 0.05) is 17.9 Å². The average molecular weight is 477 g/mol. The first kappa shape index (κ1) is 23.4. The minimum Gasteiger partial charge on any atom is -0.480 e. The number of carbonyl (C=O) groups excluding carboxylic acids is 2. The van der Waals surface area contributed by atoms with Crippen molar-refractivity contribution in [1.82, 2.24) is 10.6 Å². The van der Waals surface area contributed by atoms with E-state index >= 15 is 0 Å². The summed E-state index contributed by atoms with van der Waals surface area (Å²) in [5, 5.41) is 15.4. The number of hydrogen-bond donors (Lipinski definition) is 3. The highest BCUT2D eigenvalue weighted by Crippen LogP contribution is 2.44. The van der Waals surface area contributed by atoms with Gasteiger partial charge in [0.15, 0.2) is 0 Å². The zero-order valence-corrected chi connectivity index (χ0v) is 19.8. The minimum atomic E-state index is -1.10. The number of fused-ring (bicyclic) bond motifs is 3. The number of carbonyl (C=O) groups is 3. The van der Waals surface area contributed by atoms with Gasteiger partial charge in [0.2, 0.25) is 5.91 Å². The van der Waals surface area contributed by atoms with Crippen LogP contribution in [-0.2, 0) is 14.3 Å². The van der Waals surface area contributed by atoms with Crippen molar-refractivity contribution in [3.8, 4) is 11.1 Å². The van der Waals surface area contributed by atoms with E-state index in [-0.39, 0.29) is 30.4 Å². The summed E-state index contributed by atoms with van der Waals surface area (Å²) in [6, 6.07) is 16.4. The first-order valence-corrected chi connectivity index (χ1v) is 12.6. The van der Waals surface area contributed by atoms with Crippen LogP contribution in [0.25, 0.3) is 11.1 Å². The van der Waals surface area contributed by atoms with Crippen molar-refractivity contribution in [2.24, 2.45) is 5.92 Å². The van der Waals surface area contributed by atoms with E-state index in [0.717, 1.165) is 12.8 Å². The van der Waals surface area contributed by atoms with Crippen molar-refractivity contribution in [1.29, 1.82) is 0 Å². The lowest BCUT2D eigenvalue weighted by Crippen LogP contribution is -2.54. The second-order valence-electron chi connectivity index (χ2n) is 10.1. The van der Waals surface area contributed by atoms with E-state index in [9.17, 15) is 19.5 Å². The second kappa shape index (κ2) is 9.72. The van der Waals surface area contributed by atoms with Gasteiger partial charge in [-0.3, -0.25) is 4.79 Å². The van der Waals surface area contributed by atoms with Crippen molar-refractivity contribution in [2.45, 2.75) is 68.9 Å². The van der Waals surface area contributed by atoms with Crippen LogP contribution in [0, 0.1) is 5.92 Å². The third-order valence-electron chi connectivity index (χ3n) is 7.99. The van der Waals surface area contributed by atoms with Crippen molar-refractivity contribution in [3.63, 3.8) is 0 Å². The monoisotopic (exact) mass is 476 g/mol. The number of carboxylic acid groups (broad SMARTS) is 1. The van der Waals surface area contributed by atoms with Gasteiger partial charge in [-0.05, 0) is 60.8 Å². The average Bonchev–Trinajstić information content (AvgIpc) is 3.47. The van der Waals surface area contributed by atoms with Gasteiger partial charge in [0.05, 0.1) is 0 Å². The van der Waals surface area contributed by atoms with Gasteiger partial charge in [-0.25, -0.2) is 9.59 Å². The zero-order chi connectivity index (χ0) is 24.4. The number of nitrogens with one attached hydrogen (secondary N) is 2. The zero-order valence-electron chi connectivity index (χ0n) is 19.8. The predicted octanol–water partition coefficient (Wildman–Crippen LogP) is 4.60. The molecular formula is C28H32N2O5. The van der Waals surface area contributed by atoms with Gasteiger partial charge in [0.25, 0.3) is 0 Å². The van der Waals surface area contributed by atoms with Crippen molar-refractivity contribution >= 4 is 18.0 Å². The maximum absolute atomic E-state index is 12.8. The lowest BCUT2D eigenvalue weighted by molar-refractivity contribution is -0.148. The summed E-state index contributed by atoms with van der Waals surface area (Å²) in [5.74, 6) is -1.31. The maximum atomic E-state index is 12.8. The van der Waals surface area contributed by atoms with Crippen molar-refractivity contribution in [2.75, 3.05) is 6.61 Å². The van der Waals surface area contributed by atoms with E-state index in [1.54, 1.807) is 0 Å². The molecule has 5 rings (SSSR count). The van der Waals surface area contributed by atoms with Crippen LogP contribution in [0.3, 0.4) is 0 Å². The number of carboxylic acids is 1. The van der Waals surface area contributed by atoms with Gasteiger partial charge in [-0.2, -0.15) is 0 Å². The van der Waals surface area contributed by atoms with Gasteiger partial charge in [0.1, 0.15) is 12.1 Å². The highest BCUT2D eigenvalue weighted by atomic mass is 16.5. The molecule has 2 fully saturated rings. The van der Waals surface area contributed by atoms with Gasteiger partial charge >= 0.3 is 12.1 Å². The lowest BCUT2D eigenvalue weighted by atomic mass is 9.84. The topological polar surface area (TPSA) is 105 Å². The number of amides is 2. The largest absolute Gasteiger partial charge is 0.480 e. The Bertz CT molecular complexity index is 1070. The van der Waals surface area contributed by atoms with Crippen LogP contribution >= 0.6 is 0 Å². The molecule has 0 aromatic heterocycles. The Balaban J connectivity index is 1.11. The molecule has 2 aromatic rings. The van der Waals surface area contributed by atoms with Crippen LogP contribution in [0.15, 0.2) is 48.5 Å². The molecule has 3 aliphatic rings. The summed E-state index contributed by atoms with van der Waals surface area (Å²) in [6.07, 6.45) is 4.78. The summed E-state index contributed by atoms with van der Waals surface area (Å²) in [4.78, 5) is 37.1. The molecule has 2 saturated carbocycles. The van der Waals surface area contributed by atoms with Crippen molar-refractivity contribution in [3.05, 3.63) is 59.7 Å². The van der Waals surface area contributed by atoms with Crippen LogP contribution in [0.4, 0.5) is 4.79 Å². The standard InChI is InChI=1S/C28H32N2O5/c31-25(30-28(26(32)33)15-5-6-16-28)18-11-13-19(14-12-18)29-27(34)35-17-24-22-9-3-1-7-20(22)21-8-2-4-10-23(21)24/h1-4,7-10,18-19,24H,5-6,11-17H2,(H,29,34)(H,30,31)(H,32,33). The molecule has 0 unspecified atom stereocenters. The van der Waals surface area contributed by atoms with Crippen molar-refractivity contribution < 1.29 is 24.2 Å². The molecule has 2 amide bonds. The summed E-state index contributed by atoms with van der Waals surface area (Å²) in [5.41, 5.74) is 3.63. The molecule has 184 valence electrons. The first-order valence-electron chi connectivity index (χ1n) is 12.6. The molecule has 7 nitrogen and oxygen atoms in total. The highest BCUT2D eigenvalue weighted by Gasteiger charge is 2.44. The number of hydrogen-bond acceptors (Lipinski definition) is 4. The van der Waals surface area contributed by atoms with Gasteiger partial charge in [-0.1, -0.05) is 61.4 Å². The molecule has 2 aromatic carbocycles. The fourth-order valence-electron chi connectivity index (χ4n) is 6.02. The van der Waals surface area contributed by atoms with Crippen LogP contribution in [0.5, 0.6) is 0 Å². The third-order valence-corrected chi connectivity index (χ3v) is 7.99. The fourth-order valence-corrected chi connectivity index (χ4v) is 6.02. The number of ether oxygens (including phenoxy) is 1. The quantitative estimate of drug-likeness (QED) is 0.565. The summed E-state index contributed by atoms with van der Waals surface area (Å²) in [6.45, 7) is 0.273. The second-order valence-corrected chi connectivity index (χ2v) is 10.1. The third kappa shape index (κ3) is 4.64. The molecule has 0 saturated heterocycles. The molecule has 35 heavy (non-hydrogen) atoms. The van der Waals surface area contributed by atoms with E-state index in [0.29, 0.717) is 38.5 Å². The SMILES string of the molecule is O=C(NC1CCC(C(=O)NC2(C(=O)O)CCCC2)CC1)OCC1c2ccccc2-c2ccccc21. The Hall–Kier alpha value is -3.35. The van der Waals surface area contributed by atoms with Gasteiger partial charge < -0.3 is 20.5 Å². The Kier molecular flexibility index (Phi) is 6.50. The van der Waals surface area contributed by atoms with E-state index in [2.05, 4.69) is 34.9 Å². The maximum Gasteiger partial charge on any atom is 0.407 e. The van der Waals surface area contributed by atoms with E-state index in [1.807, 2.05) is 24.3 Å². The van der Waals surface area contributed by atoms with Crippen LogP contribution < -0.4 is 10.6 Å². The van der Waals surface area contributed by atoms with E-state index in [1.165, 1.54) is 22.3 Å². The fraction of sp³-hybridized carbons (Fsp3) is 0.464. The number of rotatable bonds is 6. The van der Waals surface area contributed by atoms with Crippen LogP contribution in [-0.4, -0.2) is 41.3 Å². The molecule has 0 heterocycles. The molecule has 0 bridgehead atoms. The Morgan fingerprint density at radius 2 is 1.46 bits per heavy atom. The minimum absolute atomic E-state index is 0.0183. The summed E-state index contributed by atoms with van der Waals surface area (Å²) >= 11 is 0. The molecule has 0 aliphatic heterocycles. The van der Waals surface area contributed by atoms with Crippen LogP contribution in [0.2, 0.25) is 0 Å². The van der Waals surface area contributed by atoms with Gasteiger partial charge in [-0.15, -0.1) is 0 Å². The van der Waals surface area contributed by atoms with E-state index < -0.39 is 17.6 Å². The highest BCUT2D eigenvalue weighted by molar-refractivity contribution is 5.88. The Morgan fingerprint density at radius 1 is 0.886 bits per heavy atom. The number of benzene rings is 2. The molecular weight excluding hydrogens is 444 g/mol. The van der Waals surface area contributed by atoms with Crippen LogP contribution in [0.1, 0.15) is 68.4 Å². The molecule has 3 aliphatic carbocycles. The smallest absolute Gasteiger partial charge is 0.407 e. The molecule has 0 spiro atoms. The summed E-state index contributed by atoms with van der Waals surface area (Å²) < 4.78 is 5.65. The number of aliphatic carboxylic acids is 1. The molecule has 0 radical (unpaired) electrons. The summed E-state index contributed by atoms with van der Waals surface area (Å²) in [7, 11) is 0. The normalized spacial score (nSPS) is 22.6. The lowest BCUT2D eigenvalue weighted by Gasteiger charge is -2.32. The predicted molar refractivity (Wildman–Crippen MR) is 131 cm³/mol. The molecule has 3 N–H and O–H groups in total. The Labute approximate surface area is 205 Å². The first-order chi connectivity index (χ1) is 17.0. The molecule has 7 heteroatoms. The number of alkyl carbamates (subject to hydrolysis) is 1. The Morgan fingerprint density at radius 3 is 2.03 bits per heavy atom.